The van der Waals surface area contributed by atoms with E-state index in [1.165, 1.54) is 238 Å². The molecule has 3 atom stereocenters. The van der Waals surface area contributed by atoms with Gasteiger partial charge < -0.3 is 20.3 Å². The SMILES string of the molecule is CCCCCCCCCCCCCCCCCCCCC(=O)OC(CCCCCCCCCCCCC)CC(=O)NC(CO)C(O)CCCCCCCCCCCCCCCC. The zero-order chi connectivity index (χ0) is 45.2. The van der Waals surface area contributed by atoms with E-state index in [-0.39, 0.29) is 24.9 Å². The van der Waals surface area contributed by atoms with Crippen LogP contribution >= 0.6 is 0 Å². The summed E-state index contributed by atoms with van der Waals surface area (Å²) in [6.07, 6.45) is 56.0. The lowest BCUT2D eigenvalue weighted by Gasteiger charge is -2.24. The highest BCUT2D eigenvalue weighted by molar-refractivity contribution is 5.77. The van der Waals surface area contributed by atoms with Gasteiger partial charge in [0.15, 0.2) is 0 Å². The van der Waals surface area contributed by atoms with Crippen molar-refractivity contribution in [3.63, 3.8) is 0 Å². The van der Waals surface area contributed by atoms with Crippen LogP contribution in [0.4, 0.5) is 0 Å². The van der Waals surface area contributed by atoms with Crippen molar-refractivity contribution in [1.82, 2.24) is 5.32 Å². The summed E-state index contributed by atoms with van der Waals surface area (Å²) in [7, 11) is 0. The molecule has 3 unspecified atom stereocenters. The fourth-order valence-electron chi connectivity index (χ4n) is 9.14. The summed E-state index contributed by atoms with van der Waals surface area (Å²) in [6.45, 7) is 6.52. The molecule has 62 heavy (non-hydrogen) atoms. The quantitative estimate of drug-likeness (QED) is 0.0418. The molecule has 0 aliphatic carbocycles. The van der Waals surface area contributed by atoms with Crippen LogP contribution in [0.3, 0.4) is 0 Å². The molecule has 0 saturated carbocycles. The first-order valence-corrected chi connectivity index (χ1v) is 28.3. The van der Waals surface area contributed by atoms with Gasteiger partial charge in [-0.25, -0.2) is 0 Å². The highest BCUT2D eigenvalue weighted by atomic mass is 16.5. The number of hydrogen-bond acceptors (Lipinski definition) is 5. The van der Waals surface area contributed by atoms with Crippen LogP contribution in [0.15, 0.2) is 0 Å². The van der Waals surface area contributed by atoms with Gasteiger partial charge in [-0.05, 0) is 25.7 Å². The molecule has 0 fully saturated rings. The summed E-state index contributed by atoms with van der Waals surface area (Å²) in [5, 5.41) is 23.8. The molecule has 370 valence electrons. The lowest BCUT2D eigenvalue weighted by atomic mass is 10.0. The number of carbonyl (C=O) groups is 2. The van der Waals surface area contributed by atoms with Gasteiger partial charge in [-0.2, -0.15) is 0 Å². The molecule has 0 saturated heterocycles. The molecule has 0 aromatic carbocycles. The summed E-state index contributed by atoms with van der Waals surface area (Å²) >= 11 is 0. The molecular weight excluding hydrogens is 767 g/mol. The molecular formula is C56H111NO5. The molecule has 0 aromatic heterocycles. The van der Waals surface area contributed by atoms with Gasteiger partial charge in [0.2, 0.25) is 5.91 Å². The molecule has 0 radical (unpaired) electrons. The Bertz CT molecular complexity index is 898. The van der Waals surface area contributed by atoms with Crippen molar-refractivity contribution in [2.45, 2.75) is 341 Å². The Kier molecular flexibility index (Phi) is 49.9. The van der Waals surface area contributed by atoms with E-state index in [2.05, 4.69) is 26.1 Å². The predicted octanol–water partition coefficient (Wildman–Crippen LogP) is 17.1. The van der Waals surface area contributed by atoms with Crippen molar-refractivity contribution < 1.29 is 24.5 Å². The van der Waals surface area contributed by atoms with E-state index in [1.54, 1.807) is 0 Å². The van der Waals surface area contributed by atoms with Crippen LogP contribution < -0.4 is 5.32 Å². The van der Waals surface area contributed by atoms with Crippen molar-refractivity contribution >= 4 is 11.9 Å². The Morgan fingerprint density at radius 2 is 0.677 bits per heavy atom. The number of esters is 1. The Morgan fingerprint density at radius 1 is 0.403 bits per heavy atom. The van der Waals surface area contributed by atoms with Crippen LogP contribution in [0.5, 0.6) is 0 Å². The van der Waals surface area contributed by atoms with Gasteiger partial charge in [-0.1, -0.05) is 284 Å². The number of unbranched alkanes of at least 4 members (excludes halogenated alkanes) is 40. The van der Waals surface area contributed by atoms with E-state index in [0.29, 0.717) is 19.3 Å². The normalized spacial score (nSPS) is 13.0. The topological polar surface area (TPSA) is 95.9 Å². The number of rotatable bonds is 52. The summed E-state index contributed by atoms with van der Waals surface area (Å²) in [4.78, 5) is 26.2. The molecule has 0 bridgehead atoms. The fraction of sp³-hybridized carbons (Fsp3) is 0.964. The monoisotopic (exact) mass is 878 g/mol. The maximum absolute atomic E-state index is 13.2. The highest BCUT2D eigenvalue weighted by Crippen LogP contribution is 2.19. The predicted molar refractivity (Wildman–Crippen MR) is 269 cm³/mol. The van der Waals surface area contributed by atoms with Crippen molar-refractivity contribution in [3.8, 4) is 0 Å². The number of amides is 1. The summed E-state index contributed by atoms with van der Waals surface area (Å²) in [6, 6.07) is -0.692. The minimum Gasteiger partial charge on any atom is -0.462 e. The number of aliphatic hydroxyl groups is 2. The number of carbonyl (C=O) groups excluding carboxylic acids is 2. The number of nitrogens with one attached hydrogen (secondary N) is 1. The smallest absolute Gasteiger partial charge is 0.306 e. The Morgan fingerprint density at radius 3 is 0.984 bits per heavy atom. The van der Waals surface area contributed by atoms with Crippen LogP contribution in [0.2, 0.25) is 0 Å². The summed E-state index contributed by atoms with van der Waals surface area (Å²) < 4.78 is 5.95. The zero-order valence-corrected chi connectivity index (χ0v) is 42.3. The van der Waals surface area contributed by atoms with Gasteiger partial charge in [0.05, 0.1) is 25.2 Å². The van der Waals surface area contributed by atoms with Crippen LogP contribution in [0, 0.1) is 0 Å². The molecule has 1 amide bonds. The lowest BCUT2D eigenvalue weighted by Crippen LogP contribution is -2.46. The van der Waals surface area contributed by atoms with Gasteiger partial charge in [0.25, 0.3) is 0 Å². The fourth-order valence-corrected chi connectivity index (χ4v) is 9.14. The van der Waals surface area contributed by atoms with E-state index >= 15 is 0 Å². The third kappa shape index (κ3) is 45.4. The number of hydrogen-bond donors (Lipinski definition) is 3. The molecule has 0 aliphatic heterocycles. The third-order valence-electron chi connectivity index (χ3n) is 13.4. The van der Waals surface area contributed by atoms with E-state index in [1.807, 2.05) is 0 Å². The van der Waals surface area contributed by atoms with Crippen molar-refractivity contribution in [3.05, 3.63) is 0 Å². The molecule has 0 aliphatic rings. The van der Waals surface area contributed by atoms with Crippen LogP contribution in [-0.4, -0.2) is 46.9 Å². The molecule has 6 nitrogen and oxygen atoms in total. The van der Waals surface area contributed by atoms with E-state index in [0.717, 1.165) is 38.5 Å². The highest BCUT2D eigenvalue weighted by Gasteiger charge is 2.24. The van der Waals surface area contributed by atoms with Crippen molar-refractivity contribution in [2.75, 3.05) is 6.61 Å². The largest absolute Gasteiger partial charge is 0.462 e. The first-order valence-electron chi connectivity index (χ1n) is 28.3. The second-order valence-electron chi connectivity index (χ2n) is 19.7. The van der Waals surface area contributed by atoms with E-state index in [4.69, 9.17) is 4.74 Å². The second-order valence-corrected chi connectivity index (χ2v) is 19.7. The molecule has 0 heterocycles. The van der Waals surface area contributed by atoms with Gasteiger partial charge in [0, 0.05) is 6.42 Å². The van der Waals surface area contributed by atoms with Crippen LogP contribution in [0.25, 0.3) is 0 Å². The minimum absolute atomic E-state index is 0.0880. The van der Waals surface area contributed by atoms with Gasteiger partial charge in [-0.15, -0.1) is 0 Å². The van der Waals surface area contributed by atoms with Gasteiger partial charge in [-0.3, -0.25) is 9.59 Å². The average molecular weight is 879 g/mol. The van der Waals surface area contributed by atoms with E-state index in [9.17, 15) is 19.8 Å². The Balaban J connectivity index is 4.41. The molecule has 0 rings (SSSR count). The summed E-state index contributed by atoms with van der Waals surface area (Å²) in [5.41, 5.74) is 0. The standard InChI is InChI=1S/C56H111NO5/c1-4-7-10-13-16-19-22-24-26-27-28-29-31-34-37-40-43-46-49-56(61)62-52(47-44-41-38-35-32-21-18-15-12-9-6-3)50-55(60)57-53(51-58)54(59)48-45-42-39-36-33-30-25-23-20-17-14-11-8-5-2/h52-54,58-59H,4-51H2,1-3H3,(H,57,60). The first-order chi connectivity index (χ1) is 30.5. The lowest BCUT2D eigenvalue weighted by molar-refractivity contribution is -0.151. The van der Waals surface area contributed by atoms with Crippen molar-refractivity contribution in [2.24, 2.45) is 0 Å². The minimum atomic E-state index is -0.779. The van der Waals surface area contributed by atoms with Crippen molar-refractivity contribution in [1.29, 1.82) is 0 Å². The van der Waals surface area contributed by atoms with E-state index < -0.39 is 18.2 Å². The summed E-state index contributed by atoms with van der Waals surface area (Å²) in [5.74, 6) is -0.447. The maximum Gasteiger partial charge on any atom is 0.306 e. The Hall–Kier alpha value is -1.14. The molecule has 6 heteroatoms. The second kappa shape index (κ2) is 50.9. The molecule has 3 N–H and O–H groups in total. The number of ether oxygens (including phenoxy) is 1. The van der Waals surface area contributed by atoms with Crippen LogP contribution in [0.1, 0.15) is 323 Å². The van der Waals surface area contributed by atoms with Gasteiger partial charge in [0.1, 0.15) is 6.10 Å². The third-order valence-corrected chi connectivity index (χ3v) is 13.4. The number of aliphatic hydroxyl groups excluding tert-OH is 2. The zero-order valence-electron chi connectivity index (χ0n) is 42.3. The maximum atomic E-state index is 13.2. The van der Waals surface area contributed by atoms with Gasteiger partial charge >= 0.3 is 5.97 Å². The Labute approximate surface area is 387 Å². The first kappa shape index (κ1) is 60.9. The molecule has 0 aromatic rings. The van der Waals surface area contributed by atoms with Crippen LogP contribution in [-0.2, 0) is 14.3 Å². The average Bonchev–Trinajstić information content (AvgIpc) is 3.26. The molecule has 0 spiro atoms.